The molecule has 1 amide bonds. The van der Waals surface area contributed by atoms with Crippen LogP contribution in [0.15, 0.2) is 57.8 Å². The molecule has 25 heavy (non-hydrogen) atoms. The van der Waals surface area contributed by atoms with E-state index in [-0.39, 0.29) is 24.6 Å². The van der Waals surface area contributed by atoms with E-state index in [2.05, 4.69) is 32.3 Å². The van der Waals surface area contributed by atoms with Gasteiger partial charge in [0.15, 0.2) is 0 Å². The maximum Gasteiger partial charge on any atom is 0.275 e. The quantitative estimate of drug-likeness (QED) is 0.690. The number of aromatic nitrogens is 2. The number of nitrogens with one attached hydrogen (secondary N) is 1. The van der Waals surface area contributed by atoms with Crippen molar-refractivity contribution in [2.75, 3.05) is 0 Å². The number of terminal acetylenes is 1. The van der Waals surface area contributed by atoms with Crippen LogP contribution in [0.4, 0.5) is 0 Å². The highest BCUT2D eigenvalue weighted by atomic mass is 79.9. The van der Waals surface area contributed by atoms with Crippen molar-refractivity contribution in [1.82, 2.24) is 15.1 Å². The Kier molecular flexibility index (Phi) is 4.96. The van der Waals surface area contributed by atoms with Crippen LogP contribution in [0.2, 0.25) is 0 Å². The molecule has 0 saturated heterocycles. The van der Waals surface area contributed by atoms with Crippen LogP contribution in [0, 0.1) is 12.3 Å². The van der Waals surface area contributed by atoms with Crippen LogP contribution in [0.3, 0.4) is 0 Å². The van der Waals surface area contributed by atoms with E-state index in [1.165, 1.54) is 4.68 Å². The van der Waals surface area contributed by atoms with Crippen molar-refractivity contribution in [3.63, 3.8) is 0 Å². The molecule has 0 unspecified atom stereocenters. The van der Waals surface area contributed by atoms with Crippen molar-refractivity contribution < 1.29 is 4.79 Å². The van der Waals surface area contributed by atoms with Crippen LogP contribution in [0.1, 0.15) is 16.1 Å². The van der Waals surface area contributed by atoms with Crippen LogP contribution >= 0.6 is 15.9 Å². The number of carbonyl (C=O) groups is 1. The van der Waals surface area contributed by atoms with Crippen LogP contribution in [0.25, 0.3) is 10.8 Å². The highest BCUT2D eigenvalue weighted by Crippen LogP contribution is 2.14. The average Bonchev–Trinajstić information content (AvgIpc) is 2.63. The summed E-state index contributed by atoms with van der Waals surface area (Å²) in [5.41, 5.74) is 0.900. The minimum Gasteiger partial charge on any atom is -0.346 e. The van der Waals surface area contributed by atoms with Gasteiger partial charge in [-0.25, -0.2) is 4.68 Å². The lowest BCUT2D eigenvalue weighted by molar-refractivity contribution is 0.0950. The Morgan fingerprint density at radius 2 is 1.84 bits per heavy atom. The summed E-state index contributed by atoms with van der Waals surface area (Å²) in [5, 5.41) is 8.38. The molecule has 0 aliphatic rings. The van der Waals surface area contributed by atoms with Crippen LogP contribution in [-0.4, -0.2) is 15.7 Å². The first-order chi connectivity index (χ1) is 12.1. The molecular weight excluding hydrogens is 382 g/mol. The Bertz CT molecular complexity index is 1030. The molecule has 0 saturated carbocycles. The van der Waals surface area contributed by atoms with Crippen LogP contribution < -0.4 is 10.9 Å². The smallest absolute Gasteiger partial charge is 0.275 e. The van der Waals surface area contributed by atoms with E-state index in [0.717, 1.165) is 4.47 Å². The Morgan fingerprint density at radius 1 is 1.16 bits per heavy atom. The SMILES string of the molecule is C#CCn1nc(CNC(=O)c2ccc(Br)cc2)c2ccccc2c1=O. The Hall–Kier alpha value is -2.91. The third-order valence-corrected chi connectivity index (χ3v) is 4.24. The van der Waals surface area contributed by atoms with Gasteiger partial charge in [0.05, 0.1) is 17.6 Å². The second kappa shape index (κ2) is 7.32. The Morgan fingerprint density at radius 3 is 2.52 bits per heavy atom. The molecule has 5 nitrogen and oxygen atoms in total. The standard InChI is InChI=1S/C19H14BrN3O2/c1-2-11-23-19(25)16-6-4-3-5-15(16)17(22-23)12-21-18(24)13-7-9-14(20)10-8-13/h1,3-10H,11-12H2,(H,21,24). The summed E-state index contributed by atoms with van der Waals surface area (Å²) >= 11 is 3.34. The van der Waals surface area contributed by atoms with Gasteiger partial charge in [-0.15, -0.1) is 6.42 Å². The molecule has 0 bridgehead atoms. The molecule has 124 valence electrons. The molecule has 3 aromatic rings. The number of nitrogens with zero attached hydrogens (tertiary/aromatic N) is 2. The molecule has 0 fully saturated rings. The van der Waals surface area contributed by atoms with Gasteiger partial charge in [0.1, 0.15) is 6.54 Å². The fourth-order valence-corrected chi connectivity index (χ4v) is 2.76. The number of carbonyl (C=O) groups excluding carboxylic acids is 1. The first-order valence-electron chi connectivity index (χ1n) is 7.56. The van der Waals surface area contributed by atoms with E-state index < -0.39 is 0 Å². The number of rotatable bonds is 4. The van der Waals surface area contributed by atoms with Gasteiger partial charge in [0.25, 0.3) is 11.5 Å². The van der Waals surface area contributed by atoms with Gasteiger partial charge in [-0.3, -0.25) is 9.59 Å². The molecule has 2 aromatic carbocycles. The van der Waals surface area contributed by atoms with E-state index in [4.69, 9.17) is 6.42 Å². The summed E-state index contributed by atoms with van der Waals surface area (Å²) in [4.78, 5) is 24.7. The van der Waals surface area contributed by atoms with E-state index in [9.17, 15) is 9.59 Å². The van der Waals surface area contributed by atoms with Gasteiger partial charge in [0, 0.05) is 15.4 Å². The molecular formula is C19H14BrN3O2. The lowest BCUT2D eigenvalue weighted by atomic mass is 10.1. The van der Waals surface area contributed by atoms with Crippen molar-refractivity contribution in [3.05, 3.63) is 74.6 Å². The minimum absolute atomic E-state index is 0.0807. The van der Waals surface area contributed by atoms with Crippen LogP contribution in [0.5, 0.6) is 0 Å². The summed E-state index contributed by atoms with van der Waals surface area (Å²) in [5.74, 6) is 2.21. The Labute approximate surface area is 152 Å². The maximum atomic E-state index is 12.4. The number of hydrogen-bond acceptors (Lipinski definition) is 3. The zero-order valence-corrected chi connectivity index (χ0v) is 14.8. The molecule has 6 heteroatoms. The summed E-state index contributed by atoms with van der Waals surface area (Å²) in [7, 11) is 0. The lowest BCUT2D eigenvalue weighted by Crippen LogP contribution is -2.28. The first-order valence-corrected chi connectivity index (χ1v) is 8.35. The molecule has 0 atom stereocenters. The van der Waals surface area contributed by atoms with E-state index in [1.54, 1.807) is 36.4 Å². The zero-order chi connectivity index (χ0) is 17.8. The first kappa shape index (κ1) is 16.9. The molecule has 3 rings (SSSR count). The number of amides is 1. The van der Waals surface area contributed by atoms with Gasteiger partial charge >= 0.3 is 0 Å². The van der Waals surface area contributed by atoms with Crippen molar-refractivity contribution >= 4 is 32.6 Å². The molecule has 0 spiro atoms. The second-order valence-corrected chi connectivity index (χ2v) is 6.26. The molecule has 1 heterocycles. The lowest BCUT2D eigenvalue weighted by Gasteiger charge is -2.10. The van der Waals surface area contributed by atoms with Crippen molar-refractivity contribution in [2.45, 2.75) is 13.1 Å². The highest BCUT2D eigenvalue weighted by Gasteiger charge is 2.11. The number of fused-ring (bicyclic) bond motifs is 1. The predicted octanol–water partition coefficient (Wildman–Crippen LogP) is 2.72. The summed E-state index contributed by atoms with van der Waals surface area (Å²) in [6.45, 7) is 0.275. The average molecular weight is 396 g/mol. The third kappa shape index (κ3) is 3.62. The molecule has 0 aliphatic carbocycles. The molecule has 0 aliphatic heterocycles. The van der Waals surface area contributed by atoms with Gasteiger partial charge < -0.3 is 5.32 Å². The van der Waals surface area contributed by atoms with Crippen molar-refractivity contribution in [1.29, 1.82) is 0 Å². The fourth-order valence-electron chi connectivity index (χ4n) is 2.50. The number of halogens is 1. The minimum atomic E-state index is -0.239. The fraction of sp³-hybridized carbons (Fsp3) is 0.105. The van der Waals surface area contributed by atoms with Gasteiger partial charge in [-0.2, -0.15) is 5.10 Å². The van der Waals surface area contributed by atoms with Gasteiger partial charge in [-0.1, -0.05) is 40.0 Å². The summed E-state index contributed by atoms with van der Waals surface area (Å²) < 4.78 is 2.14. The van der Waals surface area contributed by atoms with Gasteiger partial charge in [0.2, 0.25) is 0 Å². The number of hydrogen-bond donors (Lipinski definition) is 1. The van der Waals surface area contributed by atoms with E-state index in [1.807, 2.05) is 12.1 Å². The number of benzene rings is 2. The summed E-state index contributed by atoms with van der Waals surface area (Å²) in [6.07, 6.45) is 5.31. The Balaban J connectivity index is 1.92. The van der Waals surface area contributed by atoms with E-state index >= 15 is 0 Å². The molecule has 1 aromatic heterocycles. The molecule has 0 radical (unpaired) electrons. The summed E-state index contributed by atoms with van der Waals surface area (Å²) in [6, 6.07) is 14.2. The van der Waals surface area contributed by atoms with Crippen molar-refractivity contribution in [3.8, 4) is 12.3 Å². The van der Waals surface area contributed by atoms with E-state index in [0.29, 0.717) is 22.0 Å². The third-order valence-electron chi connectivity index (χ3n) is 3.71. The monoisotopic (exact) mass is 395 g/mol. The van der Waals surface area contributed by atoms with Crippen molar-refractivity contribution in [2.24, 2.45) is 0 Å². The predicted molar refractivity (Wildman–Crippen MR) is 100 cm³/mol. The normalized spacial score (nSPS) is 10.4. The second-order valence-electron chi connectivity index (χ2n) is 5.35. The highest BCUT2D eigenvalue weighted by molar-refractivity contribution is 9.10. The zero-order valence-electron chi connectivity index (χ0n) is 13.2. The topological polar surface area (TPSA) is 64.0 Å². The van der Waals surface area contributed by atoms with Crippen LogP contribution in [-0.2, 0) is 13.1 Å². The molecule has 1 N–H and O–H groups in total. The maximum absolute atomic E-state index is 12.4. The largest absolute Gasteiger partial charge is 0.346 e. The van der Waals surface area contributed by atoms with Gasteiger partial charge in [-0.05, 0) is 30.3 Å².